The van der Waals surface area contributed by atoms with E-state index in [4.69, 9.17) is 9.47 Å². The quantitative estimate of drug-likeness (QED) is 0.0599. The Kier molecular flexibility index (Phi) is 30.2. The second-order valence-electron chi connectivity index (χ2n) is 32.8. The first kappa shape index (κ1) is 95.3. The molecule has 0 fully saturated rings. The second kappa shape index (κ2) is 41.8. The zero-order valence-corrected chi connectivity index (χ0v) is 87.0. The first-order chi connectivity index (χ1) is 62.4. The third-order valence-corrected chi connectivity index (χ3v) is 33.9. The maximum absolute atomic E-state index is 5.81. The fourth-order valence-corrected chi connectivity index (χ4v) is 24.0. The van der Waals surface area contributed by atoms with E-state index in [9.17, 15) is 0 Å². The molecule has 0 saturated heterocycles. The summed E-state index contributed by atoms with van der Waals surface area (Å²) in [5.74, 6) is 3.99. The van der Waals surface area contributed by atoms with Crippen LogP contribution in [0.3, 0.4) is 0 Å². The van der Waals surface area contributed by atoms with Crippen molar-refractivity contribution in [1.29, 1.82) is 0 Å². The van der Waals surface area contributed by atoms with Gasteiger partial charge in [0.05, 0.1) is 0 Å². The molecule has 0 amide bonds. The number of aromatic nitrogens is 8. The molecule has 0 saturated carbocycles. The molecule has 22 aromatic rings. The van der Waals surface area contributed by atoms with E-state index in [1.165, 1.54) is 60.0 Å². The number of nitrogens with zero attached hydrogens (tertiary/aromatic N) is 10. The molecule has 10 aromatic carbocycles. The summed E-state index contributed by atoms with van der Waals surface area (Å²) in [7, 11) is -3.83. The Hall–Kier alpha value is -11.3. The summed E-state index contributed by atoms with van der Waals surface area (Å²) >= 11 is 7.07. The van der Waals surface area contributed by atoms with E-state index in [0.717, 1.165) is 98.6 Å². The van der Waals surface area contributed by atoms with Crippen molar-refractivity contribution in [3.63, 3.8) is 0 Å². The van der Waals surface area contributed by atoms with Gasteiger partial charge in [-0.25, -0.2) is 63.0 Å². The number of anilines is 6. The fourth-order valence-electron chi connectivity index (χ4n) is 15.7. The summed E-state index contributed by atoms with van der Waals surface area (Å²) in [6.07, 6.45) is 14.5. The molecule has 0 bridgehead atoms. The van der Waals surface area contributed by atoms with Gasteiger partial charge in [0.1, 0.15) is 27.8 Å². The van der Waals surface area contributed by atoms with Crippen LogP contribution in [-0.2, 0) is 95.1 Å². The molecule has 0 radical (unpaired) electrons. The minimum Gasteiger partial charge on any atom is -0.460 e. The minimum absolute atomic E-state index is 0. The van der Waals surface area contributed by atoms with Crippen LogP contribution in [0.25, 0.3) is 80.7 Å². The van der Waals surface area contributed by atoms with E-state index < -0.39 is 16.1 Å². The molecule has 0 aliphatic heterocycles. The minimum atomic E-state index is -1.91. The summed E-state index contributed by atoms with van der Waals surface area (Å²) < 4.78 is 21.2. The van der Waals surface area contributed by atoms with Crippen molar-refractivity contribution in [3.05, 3.63) is 424 Å². The summed E-state index contributed by atoms with van der Waals surface area (Å²) in [5.41, 5.74) is 7.83. The number of pyridine rings is 8. The van der Waals surface area contributed by atoms with Crippen LogP contribution in [0.2, 0.25) is 26.2 Å². The number of hydrogen-bond acceptors (Lipinski definition) is 16. The monoisotopic (exact) mass is 2540 g/mol. The summed E-state index contributed by atoms with van der Waals surface area (Å²) in [6.45, 7) is 18.3. The second-order valence-corrected chi connectivity index (χ2v) is 45.7. The van der Waals surface area contributed by atoms with Gasteiger partial charge >= 0.3 is 84.3 Å². The molecular formula is C110H82N10O2Pt4S4Si2. The maximum Gasteiger partial charge on any atom is 2.00 e. The van der Waals surface area contributed by atoms with Crippen LogP contribution in [0, 0.1) is 48.5 Å². The number of fused-ring (bicyclic) bond motifs is 12. The average molecular weight is 2540 g/mol. The van der Waals surface area contributed by atoms with Gasteiger partial charge in [-0.2, -0.15) is 36.4 Å². The van der Waals surface area contributed by atoms with E-state index in [1.807, 2.05) is 218 Å². The molecule has 22 rings (SSSR count). The zero-order chi connectivity index (χ0) is 87.4. The van der Waals surface area contributed by atoms with E-state index in [-0.39, 0.29) is 95.1 Å². The van der Waals surface area contributed by atoms with Crippen LogP contribution in [0.15, 0.2) is 353 Å². The number of ether oxygens (including phenoxy) is 2. The number of thiophene rings is 4. The smallest absolute Gasteiger partial charge is 0.460 e. The first-order valence-electron chi connectivity index (χ1n) is 42.1. The van der Waals surface area contributed by atoms with Crippen LogP contribution >= 0.6 is 45.3 Å². The SMILES string of the molecule is CC(C)(c1[c-]c2c(cc1)sc1ccc(C(C)(C)c3ccccn3)[c-]c12)c1ccccn1.C[Si](C)(c1[c-]c2c(cc1)sc1ccc([Si](C)(C)c3ccccn3)[c-]c12)c1ccccn1.[Pt+2].[Pt+2].[Pt+2].[Pt+2].[c-]1c(N(c2ccccc2)c2ccccn2)ccc2sc3ccc(N(c4ccccc4)c4ccccn4)[c-]c3c12.[c-]1c(Oc2ccccn2)ccc2sc3ccc(Oc4ccccn4)[c-]c3c12. The summed E-state index contributed by atoms with van der Waals surface area (Å²) in [4.78, 5) is 40.5. The third-order valence-electron chi connectivity index (χ3n) is 22.9. The Morgan fingerprint density at radius 3 is 0.871 bits per heavy atom. The third kappa shape index (κ3) is 20.3. The molecule has 0 aliphatic carbocycles. The van der Waals surface area contributed by atoms with Crippen molar-refractivity contribution in [2.75, 3.05) is 9.80 Å². The van der Waals surface area contributed by atoms with Crippen molar-refractivity contribution >= 4 is 198 Å². The Labute approximate surface area is 844 Å². The van der Waals surface area contributed by atoms with E-state index in [2.05, 4.69) is 286 Å². The summed E-state index contributed by atoms with van der Waals surface area (Å²) in [6, 6.07) is 132. The number of rotatable bonds is 18. The topological polar surface area (TPSA) is 128 Å². The maximum atomic E-state index is 5.81. The van der Waals surface area contributed by atoms with Crippen LogP contribution in [0.4, 0.5) is 34.4 Å². The average Bonchev–Trinajstić information content (AvgIpc) is 1.59. The Bertz CT molecular complexity index is 6920. The molecule has 656 valence electrons. The van der Waals surface area contributed by atoms with Crippen LogP contribution in [-0.4, -0.2) is 56.0 Å². The molecule has 0 atom stereocenters. The molecule has 132 heavy (non-hydrogen) atoms. The molecule has 0 unspecified atom stereocenters. The van der Waals surface area contributed by atoms with Crippen molar-refractivity contribution in [3.8, 4) is 23.3 Å². The van der Waals surface area contributed by atoms with Gasteiger partial charge in [-0.15, -0.1) is 168 Å². The Balaban J connectivity index is 0.000000134. The van der Waals surface area contributed by atoms with Gasteiger partial charge in [0.15, 0.2) is 0 Å². The first-order valence-corrected chi connectivity index (χ1v) is 51.3. The molecule has 12 aromatic heterocycles. The van der Waals surface area contributed by atoms with Gasteiger partial charge in [0.25, 0.3) is 0 Å². The molecule has 0 spiro atoms. The molecular weight excluding hydrogens is 2460 g/mol. The number of benzene rings is 10. The van der Waals surface area contributed by atoms with E-state index in [1.54, 1.807) is 46.4 Å². The number of para-hydroxylation sites is 2. The van der Waals surface area contributed by atoms with E-state index in [0.29, 0.717) is 23.3 Å². The largest absolute Gasteiger partial charge is 2.00 e. The predicted octanol–water partition coefficient (Wildman–Crippen LogP) is 26.6. The van der Waals surface area contributed by atoms with Crippen molar-refractivity contribution < 1.29 is 93.7 Å². The van der Waals surface area contributed by atoms with Gasteiger partial charge < -0.3 is 19.3 Å². The van der Waals surface area contributed by atoms with E-state index >= 15 is 0 Å². The number of hydrogen-bond donors (Lipinski definition) is 0. The van der Waals surface area contributed by atoms with Crippen molar-refractivity contribution in [2.24, 2.45) is 0 Å². The van der Waals surface area contributed by atoms with Gasteiger partial charge in [-0.05, 0) is 121 Å². The molecule has 0 N–H and O–H groups in total. The summed E-state index contributed by atoms with van der Waals surface area (Å²) in [5, 5.41) is 13.6. The predicted molar refractivity (Wildman–Crippen MR) is 536 cm³/mol. The van der Waals surface area contributed by atoms with Crippen LogP contribution in [0.1, 0.15) is 50.2 Å². The zero-order valence-electron chi connectivity index (χ0n) is 72.7. The standard InChI is InChI=1S/C34H22N4S.C28H24N2S.C26H24N2SSi2.C22H12N2O2S.4Pt/c1-3-11-25(12-4-1)37(33-15-7-9-21-35-33)27-17-19-31-29(23-27)30-24-28(18-20-32(30)39-31)38(26-13-5-2-6-14-26)34-16-8-10-22-36-34;1-27(2,25-9-5-7-15-29-25)19-11-13-23-21(17-19)22-18-20(12-14-24(22)31-23)28(3,4)26-10-6-8-16-30-26;1-30(2,25-9-5-7-15-27-25)19-11-13-23-21(17-19)22-18-20(12-14-24(22)29-23)31(3,4)26-10-6-8-16-28-26;1-3-11-23-21(5-1)25-15-7-9-19-17(13-15)18-14-16(8-10-20(18)27-19)26-22-6-2-4-12-24-22;;;;/h1-22H;2*5-16H,1-4H3;1-12H;;;;/q4*-2;4*+2. The van der Waals surface area contributed by atoms with Gasteiger partial charge in [-0.3, -0.25) is 65.3 Å². The molecule has 22 heteroatoms. The molecule has 12 heterocycles. The molecule has 0 aliphatic rings. The van der Waals surface area contributed by atoms with Gasteiger partial charge in [-0.1, -0.05) is 139 Å². The normalized spacial score (nSPS) is 11.4. The Morgan fingerprint density at radius 2 is 0.545 bits per heavy atom. The van der Waals surface area contributed by atoms with Gasteiger partial charge in [0.2, 0.25) is 11.8 Å². The molecule has 12 nitrogen and oxygen atoms in total. The van der Waals surface area contributed by atoms with Crippen LogP contribution in [0.5, 0.6) is 23.3 Å². The van der Waals surface area contributed by atoms with Crippen molar-refractivity contribution in [2.45, 2.75) is 64.7 Å². The van der Waals surface area contributed by atoms with Gasteiger partial charge in [0, 0.05) is 117 Å². The Morgan fingerprint density at radius 1 is 0.258 bits per heavy atom. The van der Waals surface area contributed by atoms with Crippen LogP contribution < -0.4 is 40.3 Å². The van der Waals surface area contributed by atoms with Crippen molar-refractivity contribution in [1.82, 2.24) is 39.9 Å². The fraction of sp³-hybridized carbons (Fsp3) is 0.0909.